The van der Waals surface area contributed by atoms with Gasteiger partial charge in [0.15, 0.2) is 0 Å². The zero-order valence-electron chi connectivity index (χ0n) is 9.75. The van der Waals surface area contributed by atoms with Crippen LogP contribution in [-0.4, -0.2) is 13.0 Å². The molecule has 3 N–H and O–H groups in total. The Balaban J connectivity index is 2.51. The van der Waals surface area contributed by atoms with E-state index in [-0.39, 0.29) is 5.91 Å². The van der Waals surface area contributed by atoms with Crippen LogP contribution in [0.3, 0.4) is 0 Å². The molecule has 0 aliphatic heterocycles. The summed E-state index contributed by atoms with van der Waals surface area (Å²) in [5.41, 5.74) is 4.55. The summed E-state index contributed by atoms with van der Waals surface area (Å²) >= 11 is 0. The minimum Gasteiger partial charge on any atom is -0.497 e. The van der Waals surface area contributed by atoms with E-state index in [9.17, 15) is 4.79 Å². The van der Waals surface area contributed by atoms with Crippen LogP contribution < -0.4 is 16.0 Å². The Kier molecular flexibility index (Phi) is 4.79. The van der Waals surface area contributed by atoms with Crippen molar-refractivity contribution in [3.63, 3.8) is 0 Å². The molecule has 0 aliphatic rings. The summed E-state index contributed by atoms with van der Waals surface area (Å²) in [6.07, 6.45) is 2.14. The third kappa shape index (κ3) is 3.55. The van der Waals surface area contributed by atoms with Crippen molar-refractivity contribution in [1.29, 1.82) is 0 Å². The summed E-state index contributed by atoms with van der Waals surface area (Å²) in [5, 5.41) is 0. The molecule has 0 atom stereocenters. The first kappa shape index (κ1) is 12.5. The Hall–Kier alpha value is -1.55. The van der Waals surface area contributed by atoms with E-state index in [0.29, 0.717) is 6.42 Å². The summed E-state index contributed by atoms with van der Waals surface area (Å²) in [7, 11) is 1.65. The van der Waals surface area contributed by atoms with Gasteiger partial charge in [0.2, 0.25) is 5.91 Å². The van der Waals surface area contributed by atoms with Gasteiger partial charge in [0.25, 0.3) is 0 Å². The molecule has 16 heavy (non-hydrogen) atoms. The number of carbonyl (C=O) groups is 1. The first-order chi connectivity index (χ1) is 7.67. The highest BCUT2D eigenvalue weighted by Gasteiger charge is 2.02. The average Bonchev–Trinajstić information content (AvgIpc) is 2.30. The molecule has 4 heteroatoms. The predicted octanol–water partition coefficient (Wildman–Crippen LogP) is 1.32. The van der Waals surface area contributed by atoms with Gasteiger partial charge in [0, 0.05) is 6.42 Å². The van der Waals surface area contributed by atoms with Gasteiger partial charge in [0.05, 0.1) is 7.11 Å². The molecule has 0 radical (unpaired) electrons. The maximum atomic E-state index is 10.9. The maximum absolute atomic E-state index is 10.9. The Bertz CT molecular complexity index is 364. The summed E-state index contributed by atoms with van der Waals surface area (Å²) in [6, 6.07) is 5.97. The molecule has 88 valence electrons. The fourth-order valence-corrected chi connectivity index (χ4v) is 1.59. The van der Waals surface area contributed by atoms with Gasteiger partial charge >= 0.3 is 0 Å². The number of carbonyl (C=O) groups excluding carboxylic acids is 1. The SMILES string of the molecule is COc1ccc(CCCC(=O)NN)c(C)c1. The molecule has 0 heterocycles. The molecule has 1 aromatic rings. The minimum absolute atomic E-state index is 0.119. The number of nitrogens with two attached hydrogens (primary N) is 1. The van der Waals surface area contributed by atoms with Gasteiger partial charge in [0.1, 0.15) is 5.75 Å². The number of aryl methyl sites for hydroxylation is 2. The Labute approximate surface area is 95.8 Å². The largest absolute Gasteiger partial charge is 0.497 e. The second kappa shape index (κ2) is 6.12. The summed E-state index contributed by atoms with van der Waals surface area (Å²) in [4.78, 5) is 10.9. The van der Waals surface area contributed by atoms with E-state index in [1.165, 1.54) is 11.1 Å². The molecule has 0 unspecified atom stereocenters. The molecular weight excluding hydrogens is 204 g/mol. The van der Waals surface area contributed by atoms with Crippen molar-refractivity contribution in [2.75, 3.05) is 7.11 Å². The Morgan fingerprint density at radius 2 is 2.25 bits per heavy atom. The van der Waals surface area contributed by atoms with Gasteiger partial charge in [-0.1, -0.05) is 6.07 Å². The first-order valence-electron chi connectivity index (χ1n) is 5.30. The van der Waals surface area contributed by atoms with Crippen molar-refractivity contribution in [2.24, 2.45) is 5.84 Å². The van der Waals surface area contributed by atoms with Crippen LogP contribution >= 0.6 is 0 Å². The van der Waals surface area contributed by atoms with Gasteiger partial charge in [-0.3, -0.25) is 10.2 Å². The smallest absolute Gasteiger partial charge is 0.233 e. The Morgan fingerprint density at radius 1 is 1.50 bits per heavy atom. The lowest BCUT2D eigenvalue weighted by molar-refractivity contribution is -0.121. The lowest BCUT2D eigenvalue weighted by Gasteiger charge is -2.07. The normalized spacial score (nSPS) is 9.94. The number of rotatable bonds is 5. The monoisotopic (exact) mass is 222 g/mol. The summed E-state index contributed by atoms with van der Waals surface area (Å²) in [5.74, 6) is 5.75. The van der Waals surface area contributed by atoms with E-state index < -0.39 is 0 Å². The van der Waals surface area contributed by atoms with Crippen molar-refractivity contribution in [3.05, 3.63) is 29.3 Å². The molecule has 0 spiro atoms. The van der Waals surface area contributed by atoms with Gasteiger partial charge in [-0.2, -0.15) is 0 Å². The minimum atomic E-state index is -0.119. The zero-order valence-corrected chi connectivity index (χ0v) is 9.75. The zero-order chi connectivity index (χ0) is 12.0. The second-order valence-corrected chi connectivity index (χ2v) is 3.71. The van der Waals surface area contributed by atoms with Crippen LogP contribution in [0.4, 0.5) is 0 Å². The van der Waals surface area contributed by atoms with E-state index in [1.54, 1.807) is 7.11 Å². The van der Waals surface area contributed by atoms with E-state index in [4.69, 9.17) is 10.6 Å². The Morgan fingerprint density at radius 3 is 2.81 bits per heavy atom. The van der Waals surface area contributed by atoms with Gasteiger partial charge in [-0.25, -0.2) is 5.84 Å². The lowest BCUT2D eigenvalue weighted by atomic mass is 10.0. The number of hydrogen-bond donors (Lipinski definition) is 2. The van der Waals surface area contributed by atoms with Crippen LogP contribution in [0.5, 0.6) is 5.75 Å². The van der Waals surface area contributed by atoms with Crippen LogP contribution in [0.15, 0.2) is 18.2 Å². The van der Waals surface area contributed by atoms with Crippen LogP contribution in [0.2, 0.25) is 0 Å². The molecule has 0 saturated heterocycles. The third-order valence-electron chi connectivity index (χ3n) is 2.56. The molecule has 0 aromatic heterocycles. The topological polar surface area (TPSA) is 64.3 Å². The highest BCUT2D eigenvalue weighted by atomic mass is 16.5. The van der Waals surface area contributed by atoms with E-state index in [1.807, 2.05) is 25.1 Å². The number of ether oxygens (including phenoxy) is 1. The predicted molar refractivity (Wildman–Crippen MR) is 63.0 cm³/mol. The number of hydrogen-bond acceptors (Lipinski definition) is 3. The number of amides is 1. The van der Waals surface area contributed by atoms with Crippen molar-refractivity contribution < 1.29 is 9.53 Å². The number of methoxy groups -OCH3 is 1. The maximum Gasteiger partial charge on any atom is 0.233 e. The van der Waals surface area contributed by atoms with Crippen LogP contribution in [-0.2, 0) is 11.2 Å². The van der Waals surface area contributed by atoms with Crippen LogP contribution in [0, 0.1) is 6.92 Å². The quantitative estimate of drug-likeness (QED) is 0.448. The molecule has 1 amide bonds. The highest BCUT2D eigenvalue weighted by molar-refractivity contribution is 5.75. The second-order valence-electron chi connectivity index (χ2n) is 3.71. The molecule has 1 aromatic carbocycles. The fraction of sp³-hybridized carbons (Fsp3) is 0.417. The summed E-state index contributed by atoms with van der Waals surface area (Å²) < 4.78 is 5.13. The number of hydrazine groups is 1. The first-order valence-corrected chi connectivity index (χ1v) is 5.30. The molecule has 0 saturated carbocycles. The summed E-state index contributed by atoms with van der Waals surface area (Å²) in [6.45, 7) is 2.04. The standard InChI is InChI=1S/C12H18N2O2/c1-9-8-11(16-2)7-6-10(9)4-3-5-12(15)14-13/h6-8H,3-5,13H2,1-2H3,(H,14,15). The van der Waals surface area contributed by atoms with Crippen molar-refractivity contribution in [2.45, 2.75) is 26.2 Å². The van der Waals surface area contributed by atoms with Crippen molar-refractivity contribution in [1.82, 2.24) is 5.43 Å². The molecule has 0 aliphatic carbocycles. The number of nitrogens with one attached hydrogen (secondary N) is 1. The van der Waals surface area contributed by atoms with E-state index in [2.05, 4.69) is 5.43 Å². The lowest BCUT2D eigenvalue weighted by Crippen LogP contribution is -2.29. The molecular formula is C12H18N2O2. The average molecular weight is 222 g/mol. The van der Waals surface area contributed by atoms with Crippen molar-refractivity contribution >= 4 is 5.91 Å². The molecule has 0 fully saturated rings. The van der Waals surface area contributed by atoms with Gasteiger partial charge < -0.3 is 4.74 Å². The van der Waals surface area contributed by atoms with Crippen molar-refractivity contribution in [3.8, 4) is 5.75 Å². The third-order valence-corrected chi connectivity index (χ3v) is 2.56. The highest BCUT2D eigenvalue weighted by Crippen LogP contribution is 2.18. The molecule has 1 rings (SSSR count). The fourth-order valence-electron chi connectivity index (χ4n) is 1.59. The van der Waals surface area contributed by atoms with Crippen LogP contribution in [0.25, 0.3) is 0 Å². The molecule has 0 bridgehead atoms. The van der Waals surface area contributed by atoms with Gasteiger partial charge in [-0.15, -0.1) is 0 Å². The van der Waals surface area contributed by atoms with Crippen LogP contribution in [0.1, 0.15) is 24.0 Å². The van der Waals surface area contributed by atoms with Gasteiger partial charge in [-0.05, 0) is 43.0 Å². The number of benzene rings is 1. The van der Waals surface area contributed by atoms with E-state index >= 15 is 0 Å². The van der Waals surface area contributed by atoms with E-state index in [0.717, 1.165) is 18.6 Å². The molecule has 4 nitrogen and oxygen atoms in total.